The van der Waals surface area contributed by atoms with Gasteiger partial charge in [0.2, 0.25) is 0 Å². The maximum absolute atomic E-state index is 12.9. The Morgan fingerprint density at radius 3 is 0.887 bits per heavy atom. The first-order valence-electron chi connectivity index (χ1n) is 34.6. The second-order valence-corrected chi connectivity index (χ2v) is 23.1. The van der Waals surface area contributed by atoms with Gasteiger partial charge >= 0.3 is 17.9 Å². The Morgan fingerprint density at radius 2 is 0.525 bits per heavy atom. The molecule has 462 valence electrons. The van der Waals surface area contributed by atoms with Crippen LogP contribution in [0.5, 0.6) is 0 Å². The highest BCUT2D eigenvalue weighted by atomic mass is 16.6. The van der Waals surface area contributed by atoms with Crippen LogP contribution < -0.4 is 0 Å². The van der Waals surface area contributed by atoms with E-state index in [-0.39, 0.29) is 37.5 Å². The standard InChI is InChI=1S/C74H130O6/c1-4-7-10-13-16-19-22-25-27-28-29-30-31-32-33-34-35-36-37-38-39-40-41-42-43-44-45-46-47-50-52-55-58-61-64-67-73(76)79-70-71(69-78-72(75)66-63-60-57-54-51-48-24-21-18-15-12-9-6-3)80-74(77)68-65-62-59-56-53-49-26-23-20-17-14-11-8-5-2/h9,12,14,17-18,21,23,26,28-29,48,51,57,60,71H,4-8,10-11,13,15-16,19-20,22,24-25,27,30-47,49-50,52-56,58-59,61-70H2,1-3H3/b12-9-,17-14-,21-18-,26-23-,29-28-,51-48-,60-57-. The number of carbonyl (C=O) groups excluding carboxylic acids is 3. The molecule has 6 nitrogen and oxygen atoms in total. The van der Waals surface area contributed by atoms with Crippen LogP contribution in [0.25, 0.3) is 0 Å². The molecular weight excluding hydrogens is 985 g/mol. The molecule has 0 saturated heterocycles. The summed E-state index contributed by atoms with van der Waals surface area (Å²) >= 11 is 0. The fraction of sp³-hybridized carbons (Fsp3) is 0.770. The molecule has 0 heterocycles. The molecule has 6 heteroatoms. The molecule has 0 aromatic carbocycles. The van der Waals surface area contributed by atoms with Gasteiger partial charge in [0.15, 0.2) is 6.10 Å². The van der Waals surface area contributed by atoms with Crippen LogP contribution in [0.4, 0.5) is 0 Å². The minimum absolute atomic E-state index is 0.102. The van der Waals surface area contributed by atoms with Crippen LogP contribution in [-0.2, 0) is 28.6 Å². The van der Waals surface area contributed by atoms with Gasteiger partial charge in [0.05, 0.1) is 0 Å². The van der Waals surface area contributed by atoms with E-state index >= 15 is 0 Å². The Balaban J connectivity index is 4.09. The maximum Gasteiger partial charge on any atom is 0.306 e. The van der Waals surface area contributed by atoms with Crippen molar-refractivity contribution in [1.82, 2.24) is 0 Å². The van der Waals surface area contributed by atoms with Gasteiger partial charge in [0, 0.05) is 19.3 Å². The smallest absolute Gasteiger partial charge is 0.306 e. The van der Waals surface area contributed by atoms with E-state index < -0.39 is 6.10 Å². The minimum atomic E-state index is -0.812. The number of rotatable bonds is 63. The summed E-state index contributed by atoms with van der Waals surface area (Å²) in [5.74, 6) is -0.990. The number of hydrogen-bond donors (Lipinski definition) is 0. The van der Waals surface area contributed by atoms with Gasteiger partial charge in [0.1, 0.15) is 13.2 Å². The second-order valence-electron chi connectivity index (χ2n) is 23.1. The molecule has 0 saturated carbocycles. The highest BCUT2D eigenvalue weighted by Crippen LogP contribution is 2.18. The van der Waals surface area contributed by atoms with Gasteiger partial charge in [-0.25, -0.2) is 0 Å². The molecule has 0 aliphatic carbocycles. The van der Waals surface area contributed by atoms with Crippen LogP contribution in [0.3, 0.4) is 0 Å². The molecule has 0 spiro atoms. The number of unbranched alkanes of at least 4 members (excludes halogenated alkanes) is 38. The van der Waals surface area contributed by atoms with E-state index in [0.29, 0.717) is 19.3 Å². The third-order valence-electron chi connectivity index (χ3n) is 15.1. The minimum Gasteiger partial charge on any atom is -0.462 e. The Labute approximate surface area is 496 Å². The van der Waals surface area contributed by atoms with Gasteiger partial charge in [-0.1, -0.05) is 318 Å². The molecule has 80 heavy (non-hydrogen) atoms. The van der Waals surface area contributed by atoms with Crippen molar-refractivity contribution in [2.24, 2.45) is 0 Å². The number of hydrogen-bond acceptors (Lipinski definition) is 6. The molecule has 0 aromatic heterocycles. The van der Waals surface area contributed by atoms with Gasteiger partial charge in [-0.2, -0.15) is 0 Å². The fourth-order valence-electron chi connectivity index (χ4n) is 9.94. The van der Waals surface area contributed by atoms with Gasteiger partial charge in [-0.15, -0.1) is 0 Å². The van der Waals surface area contributed by atoms with Gasteiger partial charge < -0.3 is 14.2 Å². The lowest BCUT2D eigenvalue weighted by Gasteiger charge is -2.18. The average Bonchev–Trinajstić information content (AvgIpc) is 3.46. The van der Waals surface area contributed by atoms with E-state index in [1.807, 2.05) is 6.08 Å². The molecule has 1 atom stereocenters. The third kappa shape index (κ3) is 65.4. The van der Waals surface area contributed by atoms with E-state index in [1.54, 1.807) is 0 Å². The second kappa shape index (κ2) is 68.1. The maximum atomic E-state index is 12.9. The lowest BCUT2D eigenvalue weighted by molar-refractivity contribution is -0.166. The third-order valence-corrected chi connectivity index (χ3v) is 15.1. The average molecular weight is 1120 g/mol. The highest BCUT2D eigenvalue weighted by Gasteiger charge is 2.19. The van der Waals surface area contributed by atoms with Crippen LogP contribution >= 0.6 is 0 Å². The molecule has 0 fully saturated rings. The Hall–Kier alpha value is -3.41. The Bertz CT molecular complexity index is 1520. The van der Waals surface area contributed by atoms with Gasteiger partial charge in [-0.05, 0) is 96.3 Å². The molecule has 0 N–H and O–H groups in total. The first-order chi connectivity index (χ1) is 39.5. The van der Waals surface area contributed by atoms with Crippen molar-refractivity contribution in [3.63, 3.8) is 0 Å². The Morgan fingerprint density at radius 1 is 0.263 bits per heavy atom. The lowest BCUT2D eigenvalue weighted by Crippen LogP contribution is -2.30. The lowest BCUT2D eigenvalue weighted by atomic mass is 10.0. The van der Waals surface area contributed by atoms with Gasteiger partial charge in [-0.3, -0.25) is 14.4 Å². The van der Waals surface area contributed by atoms with Crippen molar-refractivity contribution in [2.45, 2.75) is 354 Å². The summed E-state index contributed by atoms with van der Waals surface area (Å²) in [6, 6.07) is 0. The van der Waals surface area contributed by atoms with Crippen molar-refractivity contribution in [1.29, 1.82) is 0 Å². The summed E-state index contributed by atoms with van der Waals surface area (Å²) in [6.07, 6.45) is 90.9. The van der Waals surface area contributed by atoms with Gasteiger partial charge in [0.25, 0.3) is 0 Å². The van der Waals surface area contributed by atoms with Crippen molar-refractivity contribution in [3.05, 3.63) is 85.1 Å². The van der Waals surface area contributed by atoms with Crippen LogP contribution in [0, 0.1) is 0 Å². The number of ether oxygens (including phenoxy) is 3. The van der Waals surface area contributed by atoms with Crippen LogP contribution in [0.15, 0.2) is 85.1 Å². The zero-order valence-electron chi connectivity index (χ0n) is 53.1. The summed E-state index contributed by atoms with van der Waals surface area (Å²) in [4.78, 5) is 38.2. The quantitative estimate of drug-likeness (QED) is 0.0261. The molecule has 0 aromatic rings. The molecule has 0 aliphatic heterocycles. The number of allylic oxidation sites excluding steroid dienone is 14. The molecule has 0 amide bonds. The normalized spacial score (nSPS) is 12.6. The van der Waals surface area contributed by atoms with E-state index in [2.05, 4.69) is 99.8 Å². The SMILES string of the molecule is CC/C=C\C/C=C\C/C=C\C/C=C\CCC(=O)OCC(COC(=O)CCCCCCCCCCCCCCCCCCCCCCCCC/C=C\CCCCCCCCCC)OC(=O)CCCCCCC/C=C\C/C=C\CCCC. The van der Waals surface area contributed by atoms with E-state index in [9.17, 15) is 14.4 Å². The summed E-state index contributed by atoms with van der Waals surface area (Å²) in [5, 5.41) is 0. The summed E-state index contributed by atoms with van der Waals surface area (Å²) in [7, 11) is 0. The number of carbonyl (C=O) groups is 3. The van der Waals surface area contributed by atoms with Crippen molar-refractivity contribution < 1.29 is 28.6 Å². The zero-order chi connectivity index (χ0) is 57.8. The van der Waals surface area contributed by atoms with E-state index in [0.717, 1.165) is 89.9 Å². The molecule has 0 rings (SSSR count). The fourth-order valence-corrected chi connectivity index (χ4v) is 9.94. The van der Waals surface area contributed by atoms with Crippen molar-refractivity contribution >= 4 is 17.9 Å². The predicted molar refractivity (Wildman–Crippen MR) is 348 cm³/mol. The molecular formula is C74H130O6. The summed E-state index contributed by atoms with van der Waals surface area (Å²) in [6.45, 7) is 6.44. The molecule has 0 radical (unpaired) electrons. The summed E-state index contributed by atoms with van der Waals surface area (Å²) in [5.41, 5.74) is 0. The molecule has 1 unspecified atom stereocenters. The van der Waals surface area contributed by atoms with Crippen molar-refractivity contribution in [3.8, 4) is 0 Å². The van der Waals surface area contributed by atoms with Crippen LogP contribution in [-0.4, -0.2) is 37.2 Å². The summed E-state index contributed by atoms with van der Waals surface area (Å²) < 4.78 is 16.8. The topological polar surface area (TPSA) is 78.9 Å². The van der Waals surface area contributed by atoms with Crippen LogP contribution in [0.1, 0.15) is 348 Å². The largest absolute Gasteiger partial charge is 0.462 e. The Kier molecular flexibility index (Phi) is 65.2. The number of esters is 3. The van der Waals surface area contributed by atoms with Crippen LogP contribution in [0.2, 0.25) is 0 Å². The van der Waals surface area contributed by atoms with E-state index in [1.165, 1.54) is 212 Å². The monoisotopic (exact) mass is 1110 g/mol. The zero-order valence-corrected chi connectivity index (χ0v) is 53.1. The first-order valence-corrected chi connectivity index (χ1v) is 34.6. The predicted octanol–water partition coefficient (Wildman–Crippen LogP) is 23.8. The highest BCUT2D eigenvalue weighted by molar-refractivity contribution is 5.71. The first kappa shape index (κ1) is 76.6. The molecule has 0 aliphatic rings. The van der Waals surface area contributed by atoms with E-state index in [4.69, 9.17) is 14.2 Å². The van der Waals surface area contributed by atoms with Crippen molar-refractivity contribution in [2.75, 3.05) is 13.2 Å². The molecule has 0 bridgehead atoms.